The van der Waals surface area contributed by atoms with Crippen LogP contribution < -0.4 is 11.5 Å². The molecule has 0 aromatic heterocycles. The van der Waals surface area contributed by atoms with E-state index in [1.165, 1.54) is 0 Å². The van der Waals surface area contributed by atoms with Crippen molar-refractivity contribution < 1.29 is 0 Å². The second-order valence-electron chi connectivity index (χ2n) is 2.67. The van der Waals surface area contributed by atoms with E-state index in [-0.39, 0.29) is 0 Å². The Bertz CT molecular complexity index is 118. The highest BCUT2D eigenvalue weighted by atomic mass is 14.6. The zero-order valence-corrected chi connectivity index (χ0v) is 5.64. The van der Waals surface area contributed by atoms with Crippen molar-refractivity contribution in [2.24, 2.45) is 11.5 Å². The van der Waals surface area contributed by atoms with Gasteiger partial charge in [0.2, 0.25) is 0 Å². The SMILES string of the molecule is NC1=CCC(N)CCC1. The van der Waals surface area contributed by atoms with Crippen LogP contribution in [0.5, 0.6) is 0 Å². The van der Waals surface area contributed by atoms with Crippen LogP contribution in [0.2, 0.25) is 0 Å². The summed E-state index contributed by atoms with van der Waals surface area (Å²) in [6.45, 7) is 0. The number of hydrogen-bond donors (Lipinski definition) is 2. The minimum atomic E-state index is 0.353. The van der Waals surface area contributed by atoms with Gasteiger partial charge in [0.05, 0.1) is 0 Å². The van der Waals surface area contributed by atoms with Crippen LogP contribution >= 0.6 is 0 Å². The normalized spacial score (nSPS) is 29.0. The van der Waals surface area contributed by atoms with Crippen LogP contribution in [0.3, 0.4) is 0 Å². The average molecular weight is 126 g/mol. The Labute approximate surface area is 55.9 Å². The Morgan fingerprint density at radius 2 is 2.33 bits per heavy atom. The van der Waals surface area contributed by atoms with Gasteiger partial charge in [-0.3, -0.25) is 0 Å². The van der Waals surface area contributed by atoms with Crippen molar-refractivity contribution in [3.8, 4) is 0 Å². The lowest BCUT2D eigenvalue weighted by molar-refractivity contribution is 0.606. The average Bonchev–Trinajstić information content (AvgIpc) is 1.97. The summed E-state index contributed by atoms with van der Waals surface area (Å²) in [4.78, 5) is 0. The van der Waals surface area contributed by atoms with Crippen LogP contribution in [0.25, 0.3) is 0 Å². The van der Waals surface area contributed by atoms with E-state index in [1.807, 2.05) is 0 Å². The second-order valence-corrected chi connectivity index (χ2v) is 2.67. The molecule has 1 aliphatic rings. The molecule has 2 nitrogen and oxygen atoms in total. The summed E-state index contributed by atoms with van der Waals surface area (Å²) < 4.78 is 0. The van der Waals surface area contributed by atoms with E-state index in [4.69, 9.17) is 11.5 Å². The molecular formula is C7H14N2. The Morgan fingerprint density at radius 3 is 3.11 bits per heavy atom. The molecule has 0 aromatic carbocycles. The van der Waals surface area contributed by atoms with Gasteiger partial charge >= 0.3 is 0 Å². The monoisotopic (exact) mass is 126 g/mol. The van der Waals surface area contributed by atoms with Crippen LogP contribution in [0, 0.1) is 0 Å². The molecular weight excluding hydrogens is 112 g/mol. The van der Waals surface area contributed by atoms with Crippen molar-refractivity contribution in [1.29, 1.82) is 0 Å². The Kier molecular flexibility index (Phi) is 2.11. The maximum atomic E-state index is 5.70. The van der Waals surface area contributed by atoms with Gasteiger partial charge in [0.1, 0.15) is 0 Å². The van der Waals surface area contributed by atoms with Gasteiger partial charge in [-0.15, -0.1) is 0 Å². The molecule has 2 heteroatoms. The fraction of sp³-hybridized carbons (Fsp3) is 0.714. The van der Waals surface area contributed by atoms with Gasteiger partial charge in [-0.1, -0.05) is 6.08 Å². The van der Waals surface area contributed by atoms with E-state index in [0.29, 0.717) is 6.04 Å². The van der Waals surface area contributed by atoms with Crippen molar-refractivity contribution in [1.82, 2.24) is 0 Å². The molecule has 0 spiro atoms. The summed E-state index contributed by atoms with van der Waals surface area (Å²) in [7, 11) is 0. The maximum Gasteiger partial charge on any atom is 0.00742 e. The molecule has 0 aliphatic heterocycles. The molecule has 0 saturated heterocycles. The van der Waals surface area contributed by atoms with Crippen molar-refractivity contribution >= 4 is 0 Å². The first kappa shape index (κ1) is 6.62. The summed E-state index contributed by atoms with van der Waals surface area (Å²) in [6, 6.07) is 0.353. The van der Waals surface area contributed by atoms with Crippen LogP contribution in [-0.2, 0) is 0 Å². The highest BCUT2D eigenvalue weighted by molar-refractivity contribution is 5.00. The smallest absolute Gasteiger partial charge is 0.00742 e. The minimum Gasteiger partial charge on any atom is -0.402 e. The van der Waals surface area contributed by atoms with Crippen molar-refractivity contribution in [3.05, 3.63) is 11.8 Å². The van der Waals surface area contributed by atoms with E-state index in [2.05, 4.69) is 6.08 Å². The molecule has 0 amide bonds. The lowest BCUT2D eigenvalue weighted by atomic mass is 10.1. The first-order chi connectivity index (χ1) is 4.29. The van der Waals surface area contributed by atoms with Gasteiger partial charge in [0, 0.05) is 11.7 Å². The predicted molar refractivity (Wildman–Crippen MR) is 38.7 cm³/mol. The van der Waals surface area contributed by atoms with E-state index in [0.717, 1.165) is 31.4 Å². The number of hydrogen-bond acceptors (Lipinski definition) is 2. The van der Waals surface area contributed by atoms with Gasteiger partial charge in [0.25, 0.3) is 0 Å². The Morgan fingerprint density at radius 1 is 1.56 bits per heavy atom. The highest BCUT2D eigenvalue weighted by Gasteiger charge is 2.04. The van der Waals surface area contributed by atoms with E-state index in [9.17, 15) is 0 Å². The Balaban J connectivity index is 2.42. The van der Waals surface area contributed by atoms with Gasteiger partial charge in [-0.05, 0) is 25.7 Å². The zero-order valence-electron chi connectivity index (χ0n) is 5.64. The van der Waals surface area contributed by atoms with Crippen molar-refractivity contribution in [2.45, 2.75) is 31.7 Å². The van der Waals surface area contributed by atoms with Crippen LogP contribution in [0.1, 0.15) is 25.7 Å². The molecule has 1 rings (SSSR count). The molecule has 0 radical (unpaired) electrons. The molecule has 9 heavy (non-hydrogen) atoms. The largest absolute Gasteiger partial charge is 0.402 e. The highest BCUT2D eigenvalue weighted by Crippen LogP contribution is 2.12. The molecule has 52 valence electrons. The summed E-state index contributed by atoms with van der Waals surface area (Å²) in [5.41, 5.74) is 12.3. The Hall–Kier alpha value is -0.500. The van der Waals surface area contributed by atoms with E-state index < -0.39 is 0 Å². The van der Waals surface area contributed by atoms with Crippen LogP contribution in [0.15, 0.2) is 11.8 Å². The topological polar surface area (TPSA) is 52.0 Å². The lowest BCUT2D eigenvalue weighted by Crippen LogP contribution is -2.17. The molecule has 0 bridgehead atoms. The zero-order chi connectivity index (χ0) is 6.69. The number of nitrogens with two attached hydrogens (primary N) is 2. The molecule has 0 aromatic rings. The summed E-state index contributed by atoms with van der Waals surface area (Å²) >= 11 is 0. The lowest BCUT2D eigenvalue weighted by Gasteiger charge is -2.02. The summed E-state index contributed by atoms with van der Waals surface area (Å²) in [5.74, 6) is 0. The fourth-order valence-corrected chi connectivity index (χ4v) is 1.09. The number of rotatable bonds is 0. The molecule has 1 atom stereocenters. The fourth-order valence-electron chi connectivity index (χ4n) is 1.09. The summed E-state index contributed by atoms with van der Waals surface area (Å²) in [5, 5.41) is 0. The standard InChI is InChI=1S/C7H14N2/c8-6-2-1-3-7(9)5-4-6/h4,7H,1-3,5,8-9H2. The van der Waals surface area contributed by atoms with Crippen molar-refractivity contribution in [3.63, 3.8) is 0 Å². The first-order valence-corrected chi connectivity index (χ1v) is 3.49. The molecule has 1 aliphatic carbocycles. The van der Waals surface area contributed by atoms with Gasteiger partial charge in [-0.25, -0.2) is 0 Å². The second kappa shape index (κ2) is 2.87. The molecule has 0 fully saturated rings. The van der Waals surface area contributed by atoms with Crippen LogP contribution in [0.4, 0.5) is 0 Å². The molecule has 0 saturated carbocycles. The minimum absolute atomic E-state index is 0.353. The summed E-state index contributed by atoms with van der Waals surface area (Å²) in [6.07, 6.45) is 6.33. The molecule has 4 N–H and O–H groups in total. The third-order valence-electron chi connectivity index (χ3n) is 1.72. The van der Waals surface area contributed by atoms with Gasteiger partial charge in [0.15, 0.2) is 0 Å². The van der Waals surface area contributed by atoms with Crippen molar-refractivity contribution in [2.75, 3.05) is 0 Å². The third-order valence-corrected chi connectivity index (χ3v) is 1.72. The predicted octanol–water partition coefficient (Wildman–Crippen LogP) is 0.730. The van der Waals surface area contributed by atoms with Crippen LogP contribution in [-0.4, -0.2) is 6.04 Å². The quantitative estimate of drug-likeness (QED) is 0.502. The van der Waals surface area contributed by atoms with E-state index in [1.54, 1.807) is 0 Å². The number of allylic oxidation sites excluding steroid dienone is 1. The third kappa shape index (κ3) is 2.06. The molecule has 1 unspecified atom stereocenters. The van der Waals surface area contributed by atoms with Gasteiger partial charge in [-0.2, -0.15) is 0 Å². The maximum absolute atomic E-state index is 5.70. The molecule has 0 heterocycles. The van der Waals surface area contributed by atoms with Gasteiger partial charge < -0.3 is 11.5 Å². The first-order valence-electron chi connectivity index (χ1n) is 3.49. The van der Waals surface area contributed by atoms with E-state index >= 15 is 0 Å².